The average molecular weight is 364 g/mol. The van der Waals surface area contributed by atoms with E-state index in [0.717, 1.165) is 0 Å². The highest BCUT2D eigenvalue weighted by Crippen LogP contribution is 2.24. The van der Waals surface area contributed by atoms with Crippen molar-refractivity contribution in [2.24, 2.45) is 0 Å². The summed E-state index contributed by atoms with van der Waals surface area (Å²) in [7, 11) is 0. The van der Waals surface area contributed by atoms with Gasteiger partial charge in [-0.05, 0) is 49.7 Å². The van der Waals surface area contributed by atoms with Crippen LogP contribution in [0.2, 0.25) is 0 Å². The van der Waals surface area contributed by atoms with Crippen molar-refractivity contribution in [2.75, 3.05) is 11.1 Å². The largest absolute Gasteiger partial charge is 0.398 e. The molecule has 0 atom stereocenters. The van der Waals surface area contributed by atoms with E-state index in [-0.39, 0.29) is 5.56 Å². The molecule has 0 unspecified atom stereocenters. The zero-order chi connectivity index (χ0) is 16.4. The lowest BCUT2D eigenvalue weighted by atomic mass is 10.1. The minimum atomic E-state index is -0.586. The highest BCUT2D eigenvalue weighted by atomic mass is 79.9. The van der Waals surface area contributed by atoms with E-state index in [0.29, 0.717) is 32.7 Å². The van der Waals surface area contributed by atoms with Gasteiger partial charge < -0.3 is 16.5 Å². The van der Waals surface area contributed by atoms with Gasteiger partial charge in [0.25, 0.3) is 5.91 Å². The number of benzene rings is 2. The fourth-order valence-corrected chi connectivity index (χ4v) is 2.41. The molecular weight excluding hydrogens is 349 g/mol. The number of carbonyl (C=O) groups is 1. The van der Waals surface area contributed by atoms with Gasteiger partial charge in [-0.25, -0.2) is 4.39 Å². The van der Waals surface area contributed by atoms with Gasteiger partial charge in [-0.1, -0.05) is 15.9 Å². The zero-order valence-electron chi connectivity index (χ0n) is 12.1. The Morgan fingerprint density at radius 2 is 2.00 bits per heavy atom. The molecule has 2 aromatic rings. The topological polar surface area (TPSA) is 79.0 Å². The Balaban J connectivity index is 2.36. The molecule has 1 amide bonds. The van der Waals surface area contributed by atoms with Gasteiger partial charge in [0, 0.05) is 27.1 Å². The first-order valence-electron chi connectivity index (χ1n) is 6.52. The summed E-state index contributed by atoms with van der Waals surface area (Å²) in [5, 5.41) is 10.3. The average Bonchev–Trinajstić information content (AvgIpc) is 2.45. The van der Waals surface area contributed by atoms with Gasteiger partial charge in [-0.3, -0.25) is 4.79 Å². The summed E-state index contributed by atoms with van der Waals surface area (Å²) in [5.41, 5.74) is 8.02. The van der Waals surface area contributed by atoms with E-state index in [1.54, 1.807) is 38.1 Å². The molecule has 0 aromatic heterocycles. The maximum absolute atomic E-state index is 13.9. The summed E-state index contributed by atoms with van der Waals surface area (Å²) in [4.78, 5) is 12.3. The van der Waals surface area contributed by atoms with Crippen molar-refractivity contribution in [3.05, 3.63) is 57.3 Å². The van der Waals surface area contributed by atoms with Gasteiger partial charge in [0.05, 0.1) is 5.56 Å². The summed E-state index contributed by atoms with van der Waals surface area (Å²) in [6.45, 7) is 3.27. The second-order valence-electron chi connectivity index (χ2n) is 4.91. The van der Waals surface area contributed by atoms with Crippen molar-refractivity contribution in [1.82, 2.24) is 0 Å². The maximum atomic E-state index is 13.9. The molecule has 0 saturated heterocycles. The predicted molar refractivity (Wildman–Crippen MR) is 90.1 cm³/mol. The summed E-state index contributed by atoms with van der Waals surface area (Å²) in [5.74, 6) is -1.13. The van der Waals surface area contributed by atoms with Crippen LogP contribution in [-0.4, -0.2) is 11.6 Å². The lowest BCUT2D eigenvalue weighted by Gasteiger charge is -2.12. The molecule has 22 heavy (non-hydrogen) atoms. The zero-order valence-corrected chi connectivity index (χ0v) is 13.7. The van der Waals surface area contributed by atoms with Crippen molar-refractivity contribution in [2.45, 2.75) is 13.8 Å². The standard InChI is InChI=1S/C16H15BrFN3O/c1-8-12(17)4-5-13(18)15(8)16(22)21-10-3-6-14(20)11(7-10)9(2)19/h3-7,19H,20H2,1-2H3,(H,21,22). The molecule has 4 N–H and O–H groups in total. The summed E-state index contributed by atoms with van der Waals surface area (Å²) >= 11 is 3.28. The fraction of sp³-hybridized carbons (Fsp3) is 0.125. The Hall–Kier alpha value is -2.21. The Kier molecular flexibility index (Phi) is 4.61. The minimum Gasteiger partial charge on any atom is -0.398 e. The molecule has 0 heterocycles. The molecule has 0 radical (unpaired) electrons. The summed E-state index contributed by atoms with van der Waals surface area (Å²) in [6.07, 6.45) is 0. The highest BCUT2D eigenvalue weighted by Gasteiger charge is 2.17. The molecule has 2 rings (SSSR count). The predicted octanol–water partition coefficient (Wildman–Crippen LogP) is 4.12. The van der Waals surface area contributed by atoms with E-state index >= 15 is 0 Å². The van der Waals surface area contributed by atoms with Crippen molar-refractivity contribution >= 4 is 38.9 Å². The van der Waals surface area contributed by atoms with Crippen molar-refractivity contribution < 1.29 is 9.18 Å². The molecule has 0 saturated carbocycles. The first-order valence-corrected chi connectivity index (χ1v) is 7.31. The number of carbonyl (C=O) groups excluding carboxylic acids is 1. The molecule has 0 aliphatic carbocycles. The van der Waals surface area contributed by atoms with E-state index in [1.165, 1.54) is 6.07 Å². The van der Waals surface area contributed by atoms with E-state index < -0.39 is 11.7 Å². The van der Waals surface area contributed by atoms with Crippen molar-refractivity contribution in [3.8, 4) is 0 Å². The van der Waals surface area contributed by atoms with E-state index in [4.69, 9.17) is 11.1 Å². The van der Waals surface area contributed by atoms with Crippen molar-refractivity contribution in [1.29, 1.82) is 5.41 Å². The first kappa shape index (κ1) is 16.2. The highest BCUT2D eigenvalue weighted by molar-refractivity contribution is 9.10. The second-order valence-corrected chi connectivity index (χ2v) is 5.76. The third-order valence-electron chi connectivity index (χ3n) is 3.29. The van der Waals surface area contributed by atoms with Gasteiger partial charge in [0.2, 0.25) is 0 Å². The van der Waals surface area contributed by atoms with E-state index in [1.807, 2.05) is 0 Å². The third kappa shape index (κ3) is 3.17. The number of hydrogen-bond acceptors (Lipinski definition) is 3. The molecule has 114 valence electrons. The Labute approximate surface area is 136 Å². The summed E-state index contributed by atoms with van der Waals surface area (Å²) in [6, 6.07) is 7.61. The van der Waals surface area contributed by atoms with Crippen LogP contribution in [0.3, 0.4) is 0 Å². The van der Waals surface area contributed by atoms with Crippen LogP contribution in [0.25, 0.3) is 0 Å². The Morgan fingerprint density at radius 1 is 1.32 bits per heavy atom. The molecule has 6 heteroatoms. The van der Waals surface area contributed by atoms with Crippen LogP contribution in [0, 0.1) is 18.2 Å². The SMILES string of the molecule is CC(=N)c1cc(NC(=O)c2c(F)ccc(Br)c2C)ccc1N. The van der Waals surface area contributed by atoms with Gasteiger partial charge in [-0.2, -0.15) is 0 Å². The van der Waals surface area contributed by atoms with Gasteiger partial charge >= 0.3 is 0 Å². The normalized spacial score (nSPS) is 10.4. The van der Waals surface area contributed by atoms with Crippen LogP contribution < -0.4 is 11.1 Å². The van der Waals surface area contributed by atoms with Crippen molar-refractivity contribution in [3.63, 3.8) is 0 Å². The Bertz CT molecular complexity index is 774. The molecule has 4 nitrogen and oxygen atoms in total. The molecule has 0 aliphatic heterocycles. The number of hydrogen-bond donors (Lipinski definition) is 3. The molecule has 0 bridgehead atoms. The number of amides is 1. The second kappa shape index (κ2) is 6.27. The quantitative estimate of drug-likeness (QED) is 0.566. The van der Waals surface area contributed by atoms with Crippen LogP contribution >= 0.6 is 15.9 Å². The number of nitrogens with two attached hydrogens (primary N) is 1. The van der Waals surface area contributed by atoms with E-state index in [2.05, 4.69) is 21.2 Å². The minimum absolute atomic E-state index is 0.0145. The lowest BCUT2D eigenvalue weighted by molar-refractivity contribution is 0.102. The van der Waals surface area contributed by atoms with Gasteiger partial charge in [0.15, 0.2) is 0 Å². The Morgan fingerprint density at radius 3 is 2.64 bits per heavy atom. The molecule has 0 spiro atoms. The molecule has 0 fully saturated rings. The molecule has 0 aliphatic rings. The number of rotatable bonds is 3. The maximum Gasteiger partial charge on any atom is 0.258 e. The number of anilines is 2. The van der Waals surface area contributed by atoms with Gasteiger partial charge in [0.1, 0.15) is 5.82 Å². The lowest BCUT2D eigenvalue weighted by Crippen LogP contribution is -2.16. The van der Waals surface area contributed by atoms with Crippen LogP contribution in [0.1, 0.15) is 28.4 Å². The molecule has 2 aromatic carbocycles. The molecular formula is C16H15BrFN3O. The summed E-state index contributed by atoms with van der Waals surface area (Å²) < 4.78 is 14.6. The van der Waals surface area contributed by atoms with Crippen LogP contribution in [0.5, 0.6) is 0 Å². The first-order chi connectivity index (χ1) is 10.3. The van der Waals surface area contributed by atoms with E-state index in [9.17, 15) is 9.18 Å². The van der Waals surface area contributed by atoms with Crippen LogP contribution in [-0.2, 0) is 0 Å². The smallest absolute Gasteiger partial charge is 0.258 e. The number of nitrogen functional groups attached to an aromatic ring is 1. The van der Waals surface area contributed by atoms with Crippen LogP contribution in [0.4, 0.5) is 15.8 Å². The van der Waals surface area contributed by atoms with Crippen LogP contribution in [0.15, 0.2) is 34.8 Å². The third-order valence-corrected chi connectivity index (χ3v) is 4.15. The van der Waals surface area contributed by atoms with Gasteiger partial charge in [-0.15, -0.1) is 0 Å². The number of halogens is 2. The monoisotopic (exact) mass is 363 g/mol. The fourth-order valence-electron chi connectivity index (χ4n) is 2.08. The number of nitrogens with one attached hydrogen (secondary N) is 2.